The van der Waals surface area contributed by atoms with Gasteiger partial charge in [0.15, 0.2) is 17.5 Å². The first-order valence-corrected chi connectivity index (χ1v) is 7.47. The summed E-state index contributed by atoms with van der Waals surface area (Å²) in [6, 6.07) is 8.62. The SMILES string of the molecule is CN=C(NCCc1ccco1)NC(C)c1ccc(OC)c(F)c1. The summed E-state index contributed by atoms with van der Waals surface area (Å²) in [5.74, 6) is 1.43. The summed E-state index contributed by atoms with van der Waals surface area (Å²) in [5, 5.41) is 6.43. The van der Waals surface area contributed by atoms with Crippen molar-refractivity contribution in [3.8, 4) is 5.75 Å². The molecule has 0 saturated heterocycles. The third kappa shape index (κ3) is 4.74. The largest absolute Gasteiger partial charge is 0.494 e. The van der Waals surface area contributed by atoms with Crippen molar-refractivity contribution < 1.29 is 13.5 Å². The zero-order chi connectivity index (χ0) is 16.7. The molecule has 1 heterocycles. The van der Waals surface area contributed by atoms with Crippen molar-refractivity contribution >= 4 is 5.96 Å². The Morgan fingerprint density at radius 2 is 2.22 bits per heavy atom. The first-order valence-electron chi connectivity index (χ1n) is 7.47. The Morgan fingerprint density at radius 3 is 2.83 bits per heavy atom. The van der Waals surface area contributed by atoms with Gasteiger partial charge in [-0.15, -0.1) is 0 Å². The number of nitrogens with one attached hydrogen (secondary N) is 2. The number of aliphatic imine (C=N–C) groups is 1. The summed E-state index contributed by atoms with van der Waals surface area (Å²) < 4.78 is 24.0. The molecule has 1 aromatic heterocycles. The molecule has 0 amide bonds. The van der Waals surface area contributed by atoms with E-state index in [0.29, 0.717) is 12.5 Å². The van der Waals surface area contributed by atoms with E-state index in [1.54, 1.807) is 19.4 Å². The van der Waals surface area contributed by atoms with Crippen LogP contribution in [0.15, 0.2) is 46.0 Å². The first kappa shape index (κ1) is 16.9. The normalized spacial score (nSPS) is 12.8. The van der Waals surface area contributed by atoms with Gasteiger partial charge in [0.05, 0.1) is 19.4 Å². The molecule has 1 atom stereocenters. The zero-order valence-electron chi connectivity index (χ0n) is 13.6. The minimum atomic E-state index is -0.376. The van der Waals surface area contributed by atoms with Gasteiger partial charge in [0.25, 0.3) is 0 Å². The van der Waals surface area contributed by atoms with Crippen LogP contribution in [0, 0.1) is 5.82 Å². The zero-order valence-corrected chi connectivity index (χ0v) is 13.6. The van der Waals surface area contributed by atoms with Gasteiger partial charge in [-0.05, 0) is 36.8 Å². The highest BCUT2D eigenvalue weighted by Crippen LogP contribution is 2.21. The number of furan rings is 1. The first-order chi connectivity index (χ1) is 11.1. The smallest absolute Gasteiger partial charge is 0.191 e. The molecule has 1 aromatic carbocycles. The molecule has 0 bridgehead atoms. The molecule has 6 heteroatoms. The summed E-state index contributed by atoms with van der Waals surface area (Å²) in [5.41, 5.74) is 0.817. The average Bonchev–Trinajstić information content (AvgIpc) is 3.07. The predicted octanol–water partition coefficient (Wildman–Crippen LogP) is 2.90. The van der Waals surface area contributed by atoms with E-state index < -0.39 is 0 Å². The van der Waals surface area contributed by atoms with Crippen molar-refractivity contribution in [1.29, 1.82) is 0 Å². The Balaban J connectivity index is 1.89. The molecule has 2 N–H and O–H groups in total. The minimum absolute atomic E-state index is 0.0924. The molecule has 0 aliphatic carbocycles. The standard InChI is InChI=1S/C17H22FN3O2/c1-12(13-6-7-16(22-3)15(18)11-13)21-17(19-2)20-9-8-14-5-4-10-23-14/h4-7,10-12H,8-9H2,1-3H3,(H2,19,20,21). The van der Waals surface area contributed by atoms with Crippen LogP contribution >= 0.6 is 0 Å². The van der Waals surface area contributed by atoms with Crippen LogP contribution in [0.2, 0.25) is 0 Å². The lowest BCUT2D eigenvalue weighted by Gasteiger charge is -2.18. The maximum Gasteiger partial charge on any atom is 0.191 e. The van der Waals surface area contributed by atoms with Crippen molar-refractivity contribution in [2.45, 2.75) is 19.4 Å². The van der Waals surface area contributed by atoms with E-state index in [4.69, 9.17) is 9.15 Å². The Kier molecular flexibility index (Phi) is 6.02. The van der Waals surface area contributed by atoms with Crippen LogP contribution in [0.1, 0.15) is 24.3 Å². The van der Waals surface area contributed by atoms with Gasteiger partial charge in [-0.2, -0.15) is 0 Å². The monoisotopic (exact) mass is 319 g/mol. The molecule has 0 aliphatic rings. The molecule has 124 valence electrons. The van der Waals surface area contributed by atoms with Crippen LogP contribution in [0.3, 0.4) is 0 Å². The fourth-order valence-electron chi connectivity index (χ4n) is 2.19. The van der Waals surface area contributed by atoms with Crippen LogP contribution in [0.5, 0.6) is 5.75 Å². The molecule has 1 unspecified atom stereocenters. The number of guanidine groups is 1. The molecule has 0 spiro atoms. The van der Waals surface area contributed by atoms with Crippen molar-refractivity contribution in [1.82, 2.24) is 10.6 Å². The lowest BCUT2D eigenvalue weighted by molar-refractivity contribution is 0.386. The molecule has 0 aliphatic heterocycles. The van der Waals surface area contributed by atoms with Gasteiger partial charge in [0.1, 0.15) is 5.76 Å². The third-order valence-corrected chi connectivity index (χ3v) is 3.50. The summed E-state index contributed by atoms with van der Waals surface area (Å²) in [6.07, 6.45) is 2.42. The Morgan fingerprint density at radius 1 is 1.39 bits per heavy atom. The van der Waals surface area contributed by atoms with Crippen molar-refractivity contribution in [3.05, 3.63) is 53.7 Å². The van der Waals surface area contributed by atoms with Gasteiger partial charge in [0, 0.05) is 20.0 Å². The number of halogens is 1. The number of methoxy groups -OCH3 is 1. The average molecular weight is 319 g/mol. The lowest BCUT2D eigenvalue weighted by atomic mass is 10.1. The fraction of sp³-hybridized carbons (Fsp3) is 0.353. The third-order valence-electron chi connectivity index (χ3n) is 3.50. The van der Waals surface area contributed by atoms with Crippen LogP contribution in [0.4, 0.5) is 4.39 Å². The van der Waals surface area contributed by atoms with Gasteiger partial charge in [-0.3, -0.25) is 4.99 Å². The van der Waals surface area contributed by atoms with E-state index in [0.717, 1.165) is 17.7 Å². The number of rotatable bonds is 6. The maximum absolute atomic E-state index is 13.8. The van der Waals surface area contributed by atoms with Crippen molar-refractivity contribution in [2.75, 3.05) is 20.7 Å². The molecular formula is C17H22FN3O2. The van der Waals surface area contributed by atoms with E-state index >= 15 is 0 Å². The molecule has 5 nitrogen and oxygen atoms in total. The Bertz CT molecular complexity index is 641. The van der Waals surface area contributed by atoms with Crippen LogP contribution in [0.25, 0.3) is 0 Å². The molecule has 0 fully saturated rings. The van der Waals surface area contributed by atoms with E-state index in [1.165, 1.54) is 13.2 Å². The Labute approximate surface area is 135 Å². The van der Waals surface area contributed by atoms with E-state index in [-0.39, 0.29) is 17.6 Å². The number of benzene rings is 1. The highest BCUT2D eigenvalue weighted by molar-refractivity contribution is 5.80. The number of hydrogen-bond acceptors (Lipinski definition) is 3. The molecular weight excluding hydrogens is 297 g/mol. The van der Waals surface area contributed by atoms with Crippen molar-refractivity contribution in [2.24, 2.45) is 4.99 Å². The van der Waals surface area contributed by atoms with E-state index in [1.807, 2.05) is 25.1 Å². The summed E-state index contributed by atoms with van der Waals surface area (Å²) in [4.78, 5) is 4.17. The summed E-state index contributed by atoms with van der Waals surface area (Å²) >= 11 is 0. The second kappa shape index (κ2) is 8.22. The molecule has 2 rings (SSSR count). The molecule has 23 heavy (non-hydrogen) atoms. The van der Waals surface area contributed by atoms with Gasteiger partial charge >= 0.3 is 0 Å². The fourth-order valence-corrected chi connectivity index (χ4v) is 2.19. The lowest BCUT2D eigenvalue weighted by Crippen LogP contribution is -2.39. The van der Waals surface area contributed by atoms with Gasteiger partial charge < -0.3 is 19.8 Å². The van der Waals surface area contributed by atoms with Crippen LogP contribution < -0.4 is 15.4 Å². The van der Waals surface area contributed by atoms with E-state index in [9.17, 15) is 4.39 Å². The molecule has 2 aromatic rings. The molecule has 0 saturated carbocycles. The Hall–Kier alpha value is -2.50. The van der Waals surface area contributed by atoms with E-state index in [2.05, 4.69) is 15.6 Å². The highest BCUT2D eigenvalue weighted by atomic mass is 19.1. The minimum Gasteiger partial charge on any atom is -0.494 e. The summed E-state index contributed by atoms with van der Waals surface area (Å²) in [6.45, 7) is 2.64. The number of ether oxygens (including phenoxy) is 1. The summed E-state index contributed by atoms with van der Waals surface area (Å²) in [7, 11) is 3.15. The predicted molar refractivity (Wildman–Crippen MR) is 88.3 cm³/mol. The maximum atomic E-state index is 13.8. The van der Waals surface area contributed by atoms with Gasteiger partial charge in [0.2, 0.25) is 0 Å². The topological polar surface area (TPSA) is 58.8 Å². The highest BCUT2D eigenvalue weighted by Gasteiger charge is 2.11. The van der Waals surface area contributed by atoms with Crippen LogP contribution in [-0.4, -0.2) is 26.7 Å². The second-order valence-corrected chi connectivity index (χ2v) is 5.09. The van der Waals surface area contributed by atoms with Gasteiger partial charge in [-0.1, -0.05) is 6.07 Å². The number of hydrogen-bond donors (Lipinski definition) is 2. The number of nitrogens with zero attached hydrogens (tertiary/aromatic N) is 1. The van der Waals surface area contributed by atoms with Crippen LogP contribution in [-0.2, 0) is 6.42 Å². The second-order valence-electron chi connectivity index (χ2n) is 5.09. The quantitative estimate of drug-likeness (QED) is 0.635. The van der Waals surface area contributed by atoms with Gasteiger partial charge in [-0.25, -0.2) is 4.39 Å². The van der Waals surface area contributed by atoms with Crippen molar-refractivity contribution in [3.63, 3.8) is 0 Å². The molecule has 0 radical (unpaired) electrons.